The van der Waals surface area contributed by atoms with Gasteiger partial charge in [0.2, 0.25) is 0 Å². The second-order valence-corrected chi connectivity index (χ2v) is 14.0. The molecule has 0 saturated carbocycles. The zero-order chi connectivity index (χ0) is 33.6. The van der Waals surface area contributed by atoms with Gasteiger partial charge in [-0.2, -0.15) is 26.3 Å². The number of piperidine rings is 1. The average molecular weight is 674 g/mol. The molecule has 4 unspecified atom stereocenters. The van der Waals surface area contributed by atoms with Crippen LogP contribution < -0.4 is 0 Å². The third kappa shape index (κ3) is 6.16. The Balaban J connectivity index is 1.47. The van der Waals surface area contributed by atoms with Crippen molar-refractivity contribution in [3.8, 4) is 0 Å². The number of halogens is 6. The van der Waals surface area contributed by atoms with E-state index < -0.39 is 67.8 Å². The standard InChI is InChI=1S/C35H29F6NO4S/c36-34(37,38)26-18-24(19-27(20-26)35(39,40)41)32(43)46-31-17-16-29-30(47(44,45)28-14-8-3-9-15-28)21-33(31,25-12-6-2-7-13-25)42(29)22-23-10-4-1-5-11-23/h1-15,18-20,29-31H,16-17,21-22H2. The molecule has 4 aromatic rings. The summed E-state index contributed by atoms with van der Waals surface area (Å²) in [6.45, 7) is 0.247. The summed E-state index contributed by atoms with van der Waals surface area (Å²) < 4.78 is 116. The van der Waals surface area contributed by atoms with Crippen molar-refractivity contribution in [2.24, 2.45) is 0 Å². The Kier molecular flexibility index (Phi) is 8.46. The Bertz CT molecular complexity index is 1820. The Morgan fingerprint density at radius 1 is 0.766 bits per heavy atom. The molecule has 0 amide bonds. The summed E-state index contributed by atoms with van der Waals surface area (Å²) >= 11 is 0. The zero-order valence-corrected chi connectivity index (χ0v) is 25.5. The van der Waals surface area contributed by atoms with Gasteiger partial charge in [-0.1, -0.05) is 78.9 Å². The quantitative estimate of drug-likeness (QED) is 0.147. The fourth-order valence-corrected chi connectivity index (χ4v) is 9.09. The van der Waals surface area contributed by atoms with Crippen LogP contribution in [0.1, 0.15) is 51.9 Å². The van der Waals surface area contributed by atoms with Gasteiger partial charge in [0.25, 0.3) is 0 Å². The van der Waals surface area contributed by atoms with Crippen molar-refractivity contribution in [1.82, 2.24) is 4.90 Å². The highest BCUT2D eigenvalue weighted by molar-refractivity contribution is 7.92. The van der Waals surface area contributed by atoms with Gasteiger partial charge >= 0.3 is 18.3 Å². The van der Waals surface area contributed by atoms with Crippen molar-refractivity contribution >= 4 is 15.8 Å². The molecule has 2 fully saturated rings. The molecular formula is C35H29F6NO4S. The number of hydrogen-bond acceptors (Lipinski definition) is 5. The van der Waals surface area contributed by atoms with Gasteiger partial charge in [-0.05, 0) is 60.7 Å². The number of ether oxygens (including phenoxy) is 1. The lowest BCUT2D eigenvalue weighted by Gasteiger charge is -2.49. The Hall–Kier alpha value is -4.16. The maximum absolute atomic E-state index is 14.2. The molecule has 4 aromatic carbocycles. The van der Waals surface area contributed by atoms with E-state index in [9.17, 15) is 39.6 Å². The molecule has 2 saturated heterocycles. The molecule has 6 rings (SSSR count). The Labute approximate surface area is 267 Å². The van der Waals surface area contributed by atoms with Gasteiger partial charge < -0.3 is 4.74 Å². The molecule has 47 heavy (non-hydrogen) atoms. The lowest BCUT2D eigenvalue weighted by molar-refractivity contribution is -0.143. The monoisotopic (exact) mass is 673 g/mol. The van der Waals surface area contributed by atoms with Crippen molar-refractivity contribution in [3.63, 3.8) is 0 Å². The molecule has 2 aliphatic heterocycles. The van der Waals surface area contributed by atoms with Gasteiger partial charge in [0.05, 0.1) is 32.4 Å². The molecular weight excluding hydrogens is 644 g/mol. The van der Waals surface area contributed by atoms with E-state index in [1.807, 2.05) is 35.2 Å². The van der Waals surface area contributed by atoms with Gasteiger partial charge in [0, 0.05) is 12.6 Å². The number of fused-ring (bicyclic) bond motifs is 2. The van der Waals surface area contributed by atoms with Crippen molar-refractivity contribution < 1.29 is 44.3 Å². The van der Waals surface area contributed by atoms with Crippen LogP contribution in [-0.4, -0.2) is 36.7 Å². The molecule has 0 spiro atoms. The number of hydrogen-bond donors (Lipinski definition) is 0. The molecule has 0 radical (unpaired) electrons. The summed E-state index contributed by atoms with van der Waals surface area (Å²) in [6.07, 6.45) is -11.1. The highest BCUT2D eigenvalue weighted by Gasteiger charge is 2.63. The zero-order valence-electron chi connectivity index (χ0n) is 24.7. The number of carbonyl (C=O) groups excluding carboxylic acids is 1. The van der Waals surface area contributed by atoms with Crippen molar-refractivity contribution in [1.29, 1.82) is 0 Å². The summed E-state index contributed by atoms with van der Waals surface area (Å²) in [5, 5.41) is -0.956. The van der Waals surface area contributed by atoms with Crippen LogP contribution in [0.25, 0.3) is 0 Å². The summed E-state index contributed by atoms with van der Waals surface area (Å²) in [7, 11) is -3.94. The number of rotatable bonds is 7. The summed E-state index contributed by atoms with van der Waals surface area (Å²) in [5.74, 6) is -1.37. The molecule has 246 valence electrons. The van der Waals surface area contributed by atoms with Crippen molar-refractivity contribution in [2.45, 2.75) is 66.0 Å². The van der Waals surface area contributed by atoms with E-state index in [0.717, 1.165) is 5.56 Å². The minimum atomic E-state index is -5.16. The number of nitrogens with zero attached hydrogens (tertiary/aromatic N) is 1. The minimum absolute atomic E-state index is 0.0277. The van der Waals surface area contributed by atoms with Crippen molar-refractivity contribution in [3.05, 3.63) is 137 Å². The normalized spacial score (nSPS) is 23.4. The van der Waals surface area contributed by atoms with Crippen LogP contribution in [0.3, 0.4) is 0 Å². The number of benzene rings is 4. The first kappa shape index (κ1) is 32.8. The largest absolute Gasteiger partial charge is 0.456 e. The van der Waals surface area contributed by atoms with Gasteiger partial charge in [-0.25, -0.2) is 13.2 Å². The van der Waals surface area contributed by atoms with Gasteiger partial charge in [-0.15, -0.1) is 0 Å². The molecule has 4 atom stereocenters. The van der Waals surface area contributed by atoms with Crippen LogP contribution in [0.2, 0.25) is 0 Å². The molecule has 2 bridgehead atoms. The minimum Gasteiger partial charge on any atom is -0.456 e. The predicted molar refractivity (Wildman–Crippen MR) is 161 cm³/mol. The lowest BCUT2D eigenvalue weighted by atomic mass is 9.78. The molecule has 0 aliphatic carbocycles. The molecule has 5 nitrogen and oxygen atoms in total. The summed E-state index contributed by atoms with van der Waals surface area (Å²) in [6, 6.07) is 26.1. The smallest absolute Gasteiger partial charge is 0.416 e. The van der Waals surface area contributed by atoms with Crippen LogP contribution in [0, 0.1) is 0 Å². The van der Waals surface area contributed by atoms with E-state index in [1.165, 1.54) is 12.1 Å². The summed E-state index contributed by atoms with van der Waals surface area (Å²) in [4.78, 5) is 15.7. The van der Waals surface area contributed by atoms with E-state index in [1.54, 1.807) is 48.5 Å². The van der Waals surface area contributed by atoms with Crippen LogP contribution in [0.15, 0.2) is 114 Å². The number of sulfone groups is 1. The molecule has 0 aromatic heterocycles. The first-order chi connectivity index (χ1) is 22.2. The fourth-order valence-electron chi connectivity index (χ4n) is 7.04. The molecule has 0 N–H and O–H groups in total. The van der Waals surface area contributed by atoms with E-state index in [4.69, 9.17) is 4.74 Å². The Morgan fingerprint density at radius 3 is 1.85 bits per heavy atom. The van der Waals surface area contributed by atoms with E-state index in [0.29, 0.717) is 17.7 Å². The number of carbonyl (C=O) groups is 1. The fraction of sp³-hybridized carbons (Fsp3) is 0.286. The highest BCUT2D eigenvalue weighted by Crippen LogP contribution is 2.55. The number of esters is 1. The topological polar surface area (TPSA) is 63.7 Å². The van der Waals surface area contributed by atoms with Gasteiger partial charge in [0.1, 0.15) is 6.10 Å². The molecule has 2 heterocycles. The Morgan fingerprint density at radius 2 is 1.30 bits per heavy atom. The maximum Gasteiger partial charge on any atom is 0.416 e. The maximum atomic E-state index is 14.2. The predicted octanol–water partition coefficient (Wildman–Crippen LogP) is 8.06. The molecule has 12 heteroatoms. The van der Waals surface area contributed by atoms with Crippen LogP contribution in [0.4, 0.5) is 26.3 Å². The van der Waals surface area contributed by atoms with Gasteiger partial charge in [-0.3, -0.25) is 4.90 Å². The first-order valence-electron chi connectivity index (χ1n) is 14.9. The van der Waals surface area contributed by atoms with E-state index in [-0.39, 0.29) is 36.8 Å². The lowest BCUT2D eigenvalue weighted by Crippen LogP contribution is -2.57. The summed E-state index contributed by atoms with van der Waals surface area (Å²) in [5.41, 5.74) is -4.00. The SMILES string of the molecule is O=C(OC1CCC2C(S(=O)(=O)c3ccccc3)CC1(c1ccccc1)N2Cc1ccccc1)c1cc(C(F)(F)F)cc(C(F)(F)F)c1. The van der Waals surface area contributed by atoms with Crippen LogP contribution >= 0.6 is 0 Å². The van der Waals surface area contributed by atoms with E-state index in [2.05, 4.69) is 0 Å². The van der Waals surface area contributed by atoms with Crippen molar-refractivity contribution in [2.75, 3.05) is 0 Å². The van der Waals surface area contributed by atoms with Crippen LogP contribution in [-0.2, 0) is 39.0 Å². The third-order valence-electron chi connectivity index (χ3n) is 9.12. The molecule has 2 aliphatic rings. The highest BCUT2D eigenvalue weighted by atomic mass is 32.2. The van der Waals surface area contributed by atoms with E-state index >= 15 is 0 Å². The van der Waals surface area contributed by atoms with Crippen LogP contribution in [0.5, 0.6) is 0 Å². The second kappa shape index (κ2) is 12.1. The van der Waals surface area contributed by atoms with Gasteiger partial charge in [0.15, 0.2) is 9.84 Å². The first-order valence-corrected chi connectivity index (χ1v) is 16.4. The number of alkyl halides is 6. The third-order valence-corrected chi connectivity index (χ3v) is 11.3. The second-order valence-electron chi connectivity index (χ2n) is 11.8. The average Bonchev–Trinajstić information content (AvgIpc) is 3.27.